The van der Waals surface area contributed by atoms with E-state index in [4.69, 9.17) is 17.4 Å². The number of imidazole rings is 1. The van der Waals surface area contributed by atoms with E-state index < -0.39 is 0 Å². The topological polar surface area (TPSA) is 55.9 Å². The Kier molecular flexibility index (Phi) is 4.58. The van der Waals surface area contributed by atoms with Crippen LogP contribution in [0.25, 0.3) is 0 Å². The van der Waals surface area contributed by atoms with Gasteiger partial charge in [0.2, 0.25) is 0 Å². The van der Waals surface area contributed by atoms with Gasteiger partial charge in [0.1, 0.15) is 11.9 Å². The fourth-order valence-corrected chi connectivity index (χ4v) is 2.31. The summed E-state index contributed by atoms with van der Waals surface area (Å²) in [6.07, 6.45) is 4.82. The van der Waals surface area contributed by atoms with Crippen LogP contribution in [0.5, 0.6) is 0 Å². The number of aryl methyl sites for hydroxylation is 2. The largest absolute Gasteiger partial charge is 0.333 e. The summed E-state index contributed by atoms with van der Waals surface area (Å²) in [4.78, 5) is 4.41. The molecule has 0 bridgehead atoms. The Labute approximate surface area is 118 Å². The molecule has 4 nitrogen and oxygen atoms in total. The highest BCUT2D eigenvalue weighted by Gasteiger charge is 2.18. The van der Waals surface area contributed by atoms with Gasteiger partial charge >= 0.3 is 0 Å². The summed E-state index contributed by atoms with van der Waals surface area (Å²) in [6.45, 7) is 5.04. The average Bonchev–Trinajstić information content (AvgIpc) is 2.83. The third-order valence-electron chi connectivity index (χ3n) is 3.17. The summed E-state index contributed by atoms with van der Waals surface area (Å²) in [7, 11) is 0. The summed E-state index contributed by atoms with van der Waals surface area (Å²) in [5.41, 5.74) is 4.89. The maximum atomic E-state index is 6.18. The molecule has 1 heterocycles. The van der Waals surface area contributed by atoms with Crippen LogP contribution < -0.4 is 11.3 Å². The van der Waals surface area contributed by atoms with Crippen LogP contribution in [0.4, 0.5) is 0 Å². The standard InChI is InChI=1S/C14H19ClN4/c1-3-7-19-8-6-17-14(19)13(18-16)11-5-4-10(2)12(15)9-11/h4-6,8-9,13,18H,3,7,16H2,1-2H3. The molecule has 0 saturated carbocycles. The van der Waals surface area contributed by atoms with Crippen LogP contribution in [0.15, 0.2) is 30.6 Å². The number of hydrogen-bond donors (Lipinski definition) is 2. The zero-order valence-electron chi connectivity index (χ0n) is 11.2. The number of rotatable bonds is 5. The van der Waals surface area contributed by atoms with Crippen LogP contribution >= 0.6 is 11.6 Å². The van der Waals surface area contributed by atoms with Crippen molar-refractivity contribution < 1.29 is 0 Å². The van der Waals surface area contributed by atoms with Crippen molar-refractivity contribution in [2.45, 2.75) is 32.9 Å². The van der Waals surface area contributed by atoms with Crippen molar-refractivity contribution in [3.8, 4) is 0 Å². The molecule has 5 heteroatoms. The lowest BCUT2D eigenvalue weighted by Gasteiger charge is -2.18. The molecular weight excluding hydrogens is 260 g/mol. The number of nitrogens with two attached hydrogens (primary N) is 1. The van der Waals surface area contributed by atoms with E-state index in [0.29, 0.717) is 0 Å². The number of nitrogens with zero attached hydrogens (tertiary/aromatic N) is 2. The lowest BCUT2D eigenvalue weighted by Crippen LogP contribution is -2.31. The van der Waals surface area contributed by atoms with Gasteiger partial charge < -0.3 is 4.57 Å². The zero-order chi connectivity index (χ0) is 13.8. The maximum Gasteiger partial charge on any atom is 0.131 e. The van der Waals surface area contributed by atoms with Gasteiger partial charge in [-0.15, -0.1) is 0 Å². The minimum atomic E-state index is -0.153. The van der Waals surface area contributed by atoms with Gasteiger partial charge in [-0.05, 0) is 30.5 Å². The number of halogens is 1. The highest BCUT2D eigenvalue weighted by molar-refractivity contribution is 6.31. The normalized spacial score (nSPS) is 12.6. The van der Waals surface area contributed by atoms with E-state index in [1.54, 1.807) is 6.20 Å². The van der Waals surface area contributed by atoms with Gasteiger partial charge in [0, 0.05) is 24.0 Å². The van der Waals surface area contributed by atoms with Gasteiger partial charge in [0.05, 0.1) is 0 Å². The van der Waals surface area contributed by atoms with Crippen LogP contribution in [-0.2, 0) is 6.54 Å². The van der Waals surface area contributed by atoms with Gasteiger partial charge in [-0.25, -0.2) is 10.4 Å². The minimum absolute atomic E-state index is 0.153. The molecule has 0 aliphatic rings. The Bertz CT molecular complexity index is 550. The molecule has 0 aliphatic carbocycles. The molecule has 19 heavy (non-hydrogen) atoms. The van der Waals surface area contributed by atoms with E-state index in [-0.39, 0.29) is 6.04 Å². The van der Waals surface area contributed by atoms with E-state index in [2.05, 4.69) is 21.9 Å². The third kappa shape index (κ3) is 2.97. The van der Waals surface area contributed by atoms with Gasteiger partial charge in [-0.3, -0.25) is 5.84 Å². The lowest BCUT2D eigenvalue weighted by atomic mass is 10.0. The van der Waals surface area contributed by atoms with Crippen molar-refractivity contribution in [2.75, 3.05) is 0 Å². The first-order chi connectivity index (χ1) is 9.17. The Morgan fingerprint density at radius 1 is 1.47 bits per heavy atom. The first kappa shape index (κ1) is 14.1. The van der Waals surface area contributed by atoms with E-state index in [9.17, 15) is 0 Å². The maximum absolute atomic E-state index is 6.18. The minimum Gasteiger partial charge on any atom is -0.333 e. The van der Waals surface area contributed by atoms with E-state index in [0.717, 1.165) is 34.9 Å². The predicted molar refractivity (Wildman–Crippen MR) is 77.9 cm³/mol. The second-order valence-electron chi connectivity index (χ2n) is 4.59. The van der Waals surface area contributed by atoms with Crippen LogP contribution in [0.2, 0.25) is 5.02 Å². The van der Waals surface area contributed by atoms with Crippen LogP contribution in [0.3, 0.4) is 0 Å². The van der Waals surface area contributed by atoms with Crippen molar-refractivity contribution in [1.29, 1.82) is 0 Å². The van der Waals surface area contributed by atoms with Crippen molar-refractivity contribution in [3.05, 3.63) is 52.6 Å². The van der Waals surface area contributed by atoms with Gasteiger partial charge in [0.25, 0.3) is 0 Å². The predicted octanol–water partition coefficient (Wildman–Crippen LogP) is 2.81. The zero-order valence-corrected chi connectivity index (χ0v) is 12.0. The van der Waals surface area contributed by atoms with Gasteiger partial charge in [-0.1, -0.05) is 30.7 Å². The van der Waals surface area contributed by atoms with Crippen LogP contribution in [0.1, 0.15) is 36.3 Å². The molecule has 0 amide bonds. The third-order valence-corrected chi connectivity index (χ3v) is 3.57. The SMILES string of the molecule is CCCn1ccnc1C(NN)c1ccc(C)c(Cl)c1. The summed E-state index contributed by atoms with van der Waals surface area (Å²) >= 11 is 6.18. The van der Waals surface area contributed by atoms with E-state index in [1.165, 1.54) is 0 Å². The number of hydrazine groups is 1. The van der Waals surface area contributed by atoms with Crippen molar-refractivity contribution in [2.24, 2.45) is 5.84 Å². The summed E-state index contributed by atoms with van der Waals surface area (Å²) in [6, 6.07) is 5.80. The van der Waals surface area contributed by atoms with Gasteiger partial charge in [0.15, 0.2) is 0 Å². The number of hydrogen-bond acceptors (Lipinski definition) is 3. The monoisotopic (exact) mass is 278 g/mol. The first-order valence-corrected chi connectivity index (χ1v) is 6.78. The molecule has 2 rings (SSSR count). The Morgan fingerprint density at radius 3 is 2.89 bits per heavy atom. The fraction of sp³-hybridized carbons (Fsp3) is 0.357. The molecule has 1 aromatic carbocycles. The summed E-state index contributed by atoms with van der Waals surface area (Å²) < 4.78 is 2.11. The highest BCUT2D eigenvalue weighted by atomic mass is 35.5. The lowest BCUT2D eigenvalue weighted by molar-refractivity contribution is 0.545. The summed E-state index contributed by atoms with van der Waals surface area (Å²) in [5.74, 6) is 6.61. The molecular formula is C14H19ClN4. The van der Waals surface area contributed by atoms with Crippen molar-refractivity contribution in [1.82, 2.24) is 15.0 Å². The first-order valence-electron chi connectivity index (χ1n) is 6.40. The fourth-order valence-electron chi connectivity index (χ4n) is 2.12. The Hall–Kier alpha value is -1.36. The Morgan fingerprint density at radius 2 is 2.26 bits per heavy atom. The quantitative estimate of drug-likeness (QED) is 0.653. The second kappa shape index (κ2) is 6.19. The molecule has 2 aromatic rings. The number of benzene rings is 1. The van der Waals surface area contributed by atoms with Crippen molar-refractivity contribution >= 4 is 11.6 Å². The molecule has 0 radical (unpaired) electrons. The highest BCUT2D eigenvalue weighted by Crippen LogP contribution is 2.25. The molecule has 102 valence electrons. The van der Waals surface area contributed by atoms with E-state index in [1.807, 2.05) is 31.3 Å². The van der Waals surface area contributed by atoms with Crippen LogP contribution in [0, 0.1) is 6.92 Å². The Balaban J connectivity index is 2.38. The summed E-state index contributed by atoms with van der Waals surface area (Å²) in [5, 5.41) is 0.742. The molecule has 0 saturated heterocycles. The van der Waals surface area contributed by atoms with Crippen molar-refractivity contribution in [3.63, 3.8) is 0 Å². The molecule has 1 aromatic heterocycles. The number of nitrogens with one attached hydrogen (secondary N) is 1. The molecule has 0 fully saturated rings. The molecule has 0 spiro atoms. The molecule has 3 N–H and O–H groups in total. The van der Waals surface area contributed by atoms with E-state index >= 15 is 0 Å². The van der Waals surface area contributed by atoms with Gasteiger partial charge in [-0.2, -0.15) is 0 Å². The number of aromatic nitrogens is 2. The second-order valence-corrected chi connectivity index (χ2v) is 4.99. The molecule has 1 unspecified atom stereocenters. The smallest absolute Gasteiger partial charge is 0.131 e. The average molecular weight is 279 g/mol. The van der Waals surface area contributed by atoms with Crippen LogP contribution in [-0.4, -0.2) is 9.55 Å². The molecule has 0 aliphatic heterocycles. The molecule has 1 atom stereocenters.